The fraction of sp³-hybridized carbons (Fsp3) is 0.600. The Morgan fingerprint density at radius 2 is 2.00 bits per heavy atom. The highest BCUT2D eigenvalue weighted by Crippen LogP contribution is 2.17. The molecule has 0 spiro atoms. The first-order valence-corrected chi connectivity index (χ1v) is 7.30. The second-order valence-electron chi connectivity index (χ2n) is 5.11. The number of halogens is 1. The summed E-state index contributed by atoms with van der Waals surface area (Å²) in [7, 11) is 0. The minimum Gasteiger partial charge on any atom is -0.310 e. The summed E-state index contributed by atoms with van der Waals surface area (Å²) in [6.45, 7) is 9.92. The van der Waals surface area contributed by atoms with Crippen LogP contribution in [-0.2, 0) is 6.54 Å². The van der Waals surface area contributed by atoms with Gasteiger partial charge in [0.1, 0.15) is 0 Å². The van der Waals surface area contributed by atoms with E-state index in [1.165, 1.54) is 28.4 Å². The minimum absolute atomic E-state index is 0.588. The monoisotopic (exact) mass is 297 g/mol. The summed E-state index contributed by atoms with van der Waals surface area (Å²) in [6, 6.07) is 7.16. The Balaban J connectivity index is 2.42. The van der Waals surface area contributed by atoms with Crippen molar-refractivity contribution in [3.05, 3.63) is 33.8 Å². The van der Waals surface area contributed by atoms with Crippen LogP contribution in [0.25, 0.3) is 0 Å². The Bertz CT molecular complexity index is 349. The molecule has 2 heteroatoms. The summed E-state index contributed by atoms with van der Waals surface area (Å²) in [4.78, 5) is 0. The molecule has 1 rings (SSSR count). The lowest BCUT2D eigenvalue weighted by Crippen LogP contribution is -2.27. The van der Waals surface area contributed by atoms with Crippen LogP contribution >= 0.6 is 15.9 Å². The van der Waals surface area contributed by atoms with Gasteiger partial charge in [-0.05, 0) is 43.4 Å². The highest BCUT2D eigenvalue weighted by atomic mass is 79.9. The van der Waals surface area contributed by atoms with Crippen molar-refractivity contribution in [2.75, 3.05) is 0 Å². The molecule has 1 aromatic rings. The van der Waals surface area contributed by atoms with Gasteiger partial charge in [0.25, 0.3) is 0 Å². The van der Waals surface area contributed by atoms with Gasteiger partial charge in [-0.25, -0.2) is 0 Å². The van der Waals surface area contributed by atoms with Crippen LogP contribution in [0.3, 0.4) is 0 Å². The van der Waals surface area contributed by atoms with E-state index in [-0.39, 0.29) is 0 Å². The van der Waals surface area contributed by atoms with Gasteiger partial charge in [-0.15, -0.1) is 0 Å². The average molecular weight is 298 g/mol. The van der Waals surface area contributed by atoms with E-state index in [4.69, 9.17) is 0 Å². The van der Waals surface area contributed by atoms with Crippen molar-refractivity contribution in [3.8, 4) is 0 Å². The molecule has 0 saturated heterocycles. The van der Waals surface area contributed by atoms with E-state index in [0.717, 1.165) is 12.5 Å². The molecule has 0 bridgehead atoms. The SMILES string of the molecule is CCC(C)CC(C)NCc1ccc(C)c(Br)c1. The van der Waals surface area contributed by atoms with Gasteiger partial charge in [0.05, 0.1) is 0 Å². The van der Waals surface area contributed by atoms with Gasteiger partial charge in [0.2, 0.25) is 0 Å². The molecule has 0 amide bonds. The van der Waals surface area contributed by atoms with Gasteiger partial charge >= 0.3 is 0 Å². The van der Waals surface area contributed by atoms with E-state index in [9.17, 15) is 0 Å². The van der Waals surface area contributed by atoms with Gasteiger partial charge in [0.15, 0.2) is 0 Å². The molecule has 0 aliphatic heterocycles. The average Bonchev–Trinajstić information content (AvgIpc) is 2.30. The van der Waals surface area contributed by atoms with E-state index in [2.05, 4.69) is 67.1 Å². The molecule has 0 fully saturated rings. The summed E-state index contributed by atoms with van der Waals surface area (Å²) in [5.41, 5.74) is 2.64. The Hall–Kier alpha value is -0.340. The Labute approximate surface area is 114 Å². The highest BCUT2D eigenvalue weighted by Gasteiger charge is 2.06. The zero-order valence-corrected chi connectivity index (χ0v) is 13.0. The van der Waals surface area contributed by atoms with Crippen molar-refractivity contribution in [2.24, 2.45) is 5.92 Å². The maximum absolute atomic E-state index is 3.59. The van der Waals surface area contributed by atoms with Gasteiger partial charge in [-0.3, -0.25) is 0 Å². The lowest BCUT2D eigenvalue weighted by molar-refractivity contribution is 0.412. The zero-order chi connectivity index (χ0) is 12.8. The highest BCUT2D eigenvalue weighted by molar-refractivity contribution is 9.10. The Morgan fingerprint density at radius 3 is 2.59 bits per heavy atom. The maximum Gasteiger partial charge on any atom is 0.0208 e. The van der Waals surface area contributed by atoms with Crippen LogP contribution in [0.2, 0.25) is 0 Å². The lowest BCUT2D eigenvalue weighted by atomic mass is 10.0. The molecule has 1 nitrogen and oxygen atoms in total. The molecular weight excluding hydrogens is 274 g/mol. The van der Waals surface area contributed by atoms with Crippen LogP contribution in [0, 0.1) is 12.8 Å². The molecule has 0 aliphatic rings. The number of nitrogens with one attached hydrogen (secondary N) is 1. The summed E-state index contributed by atoms with van der Waals surface area (Å²) >= 11 is 3.58. The quantitative estimate of drug-likeness (QED) is 0.804. The second-order valence-corrected chi connectivity index (χ2v) is 5.97. The molecule has 2 atom stereocenters. The second kappa shape index (κ2) is 7.17. The third-order valence-corrected chi connectivity index (χ3v) is 4.20. The standard InChI is InChI=1S/C15H24BrN/c1-5-11(2)8-13(4)17-10-14-7-6-12(3)15(16)9-14/h6-7,9,11,13,17H,5,8,10H2,1-4H3. The van der Waals surface area contributed by atoms with Crippen LogP contribution < -0.4 is 5.32 Å². The summed E-state index contributed by atoms with van der Waals surface area (Å²) in [5.74, 6) is 0.808. The zero-order valence-electron chi connectivity index (χ0n) is 11.4. The van der Waals surface area contributed by atoms with Crippen molar-refractivity contribution in [1.29, 1.82) is 0 Å². The molecule has 0 aliphatic carbocycles. The van der Waals surface area contributed by atoms with E-state index >= 15 is 0 Å². The molecule has 1 N–H and O–H groups in total. The van der Waals surface area contributed by atoms with E-state index < -0.39 is 0 Å². The smallest absolute Gasteiger partial charge is 0.0208 e. The Kier molecular flexibility index (Phi) is 6.21. The van der Waals surface area contributed by atoms with Crippen molar-refractivity contribution < 1.29 is 0 Å². The van der Waals surface area contributed by atoms with Crippen molar-refractivity contribution in [3.63, 3.8) is 0 Å². The lowest BCUT2D eigenvalue weighted by Gasteiger charge is -2.17. The first kappa shape index (κ1) is 14.7. The van der Waals surface area contributed by atoms with E-state index in [1.807, 2.05) is 0 Å². The maximum atomic E-state index is 3.59. The molecule has 1 aromatic carbocycles. The van der Waals surface area contributed by atoms with Gasteiger partial charge < -0.3 is 5.32 Å². The van der Waals surface area contributed by atoms with Gasteiger partial charge in [0, 0.05) is 17.1 Å². The number of aryl methyl sites for hydroxylation is 1. The summed E-state index contributed by atoms with van der Waals surface area (Å²) < 4.78 is 1.20. The largest absolute Gasteiger partial charge is 0.310 e. The molecule has 0 saturated carbocycles. The third-order valence-electron chi connectivity index (χ3n) is 3.34. The topological polar surface area (TPSA) is 12.0 Å². The third kappa shape index (κ3) is 5.22. The van der Waals surface area contributed by atoms with Crippen LogP contribution in [0.5, 0.6) is 0 Å². The fourth-order valence-electron chi connectivity index (χ4n) is 1.89. The number of rotatable bonds is 6. The van der Waals surface area contributed by atoms with Crippen molar-refractivity contribution >= 4 is 15.9 Å². The summed E-state index contributed by atoms with van der Waals surface area (Å²) in [5, 5.41) is 3.59. The van der Waals surface area contributed by atoms with Crippen LogP contribution in [0.15, 0.2) is 22.7 Å². The molecule has 0 radical (unpaired) electrons. The molecule has 17 heavy (non-hydrogen) atoms. The molecule has 0 heterocycles. The van der Waals surface area contributed by atoms with Gasteiger partial charge in [-0.2, -0.15) is 0 Å². The normalized spacial score (nSPS) is 14.6. The van der Waals surface area contributed by atoms with E-state index in [0.29, 0.717) is 6.04 Å². The number of hydrogen-bond donors (Lipinski definition) is 1. The van der Waals surface area contributed by atoms with Crippen LogP contribution in [-0.4, -0.2) is 6.04 Å². The first-order valence-electron chi connectivity index (χ1n) is 6.51. The van der Waals surface area contributed by atoms with Crippen LogP contribution in [0.4, 0.5) is 0 Å². The van der Waals surface area contributed by atoms with Crippen molar-refractivity contribution in [1.82, 2.24) is 5.32 Å². The number of hydrogen-bond acceptors (Lipinski definition) is 1. The van der Waals surface area contributed by atoms with E-state index in [1.54, 1.807) is 0 Å². The fourth-order valence-corrected chi connectivity index (χ4v) is 2.32. The summed E-state index contributed by atoms with van der Waals surface area (Å²) in [6.07, 6.45) is 2.52. The predicted octanol–water partition coefficient (Wildman–Crippen LogP) is 4.67. The predicted molar refractivity (Wildman–Crippen MR) is 79.3 cm³/mol. The van der Waals surface area contributed by atoms with Gasteiger partial charge in [-0.1, -0.05) is 48.3 Å². The minimum atomic E-state index is 0.588. The Morgan fingerprint density at radius 1 is 1.29 bits per heavy atom. The molecular formula is C15H24BrN. The molecule has 0 aromatic heterocycles. The molecule has 2 unspecified atom stereocenters. The molecule has 96 valence electrons. The van der Waals surface area contributed by atoms with Crippen LogP contribution in [0.1, 0.15) is 44.7 Å². The first-order chi connectivity index (χ1) is 8.02. The number of benzene rings is 1. The van der Waals surface area contributed by atoms with Crippen molar-refractivity contribution in [2.45, 2.75) is 53.1 Å².